The first kappa shape index (κ1) is 22.0. The molecule has 0 unspecified atom stereocenters. The van der Waals surface area contributed by atoms with E-state index in [0.29, 0.717) is 11.1 Å². The molecule has 2 aromatic rings. The van der Waals surface area contributed by atoms with Gasteiger partial charge in [0.2, 0.25) is 5.75 Å². The van der Waals surface area contributed by atoms with Crippen molar-refractivity contribution in [2.75, 3.05) is 14.2 Å². The minimum Gasteiger partial charge on any atom is -0.507 e. The van der Waals surface area contributed by atoms with Gasteiger partial charge in [0.05, 0.1) is 12.0 Å². The molecule has 0 atom stereocenters. The number of benzene rings is 2. The fraction of sp³-hybridized carbons (Fsp3) is 0.200. The Morgan fingerprint density at radius 2 is 1.97 bits per heavy atom. The quantitative estimate of drug-likeness (QED) is 0.214. The maximum Gasteiger partial charge on any atom is 0.315 e. The molecular weight excluding hydrogens is 394 g/mol. The lowest BCUT2D eigenvalue weighted by atomic mass is 10.1. The molecule has 10 heteroatoms. The molecule has 0 aliphatic carbocycles. The van der Waals surface area contributed by atoms with Crippen LogP contribution in [-0.2, 0) is 11.3 Å². The number of nitro groups is 1. The number of phenolic OH excluding ortho intramolecular Hbond substituents is 2. The van der Waals surface area contributed by atoms with Crippen molar-refractivity contribution >= 4 is 17.4 Å². The molecule has 0 aliphatic heterocycles. The van der Waals surface area contributed by atoms with E-state index in [4.69, 9.17) is 4.74 Å². The molecule has 0 radical (unpaired) electrons. The van der Waals surface area contributed by atoms with Gasteiger partial charge in [-0.25, -0.2) is 0 Å². The standard InChI is InChI=1S/C20H19N3O7/c1-11-5-4-6-12(17(11)24)10-22(2)20(27)14(9-21)18(25)13-7-15(23(28)29)19(26)16(8-13)30-3/h4-8,24-26H,10H2,1-3H3/b18-14-. The molecule has 10 nitrogen and oxygen atoms in total. The Hall–Kier alpha value is -4.26. The molecule has 0 aromatic heterocycles. The third-order valence-corrected chi connectivity index (χ3v) is 4.38. The molecule has 0 heterocycles. The predicted octanol–water partition coefficient (Wildman–Crippen LogP) is 2.77. The number of aryl methyl sites for hydroxylation is 1. The highest BCUT2D eigenvalue weighted by Gasteiger charge is 2.26. The van der Waals surface area contributed by atoms with Crippen molar-refractivity contribution in [2.24, 2.45) is 0 Å². The molecular formula is C20H19N3O7. The maximum absolute atomic E-state index is 12.7. The highest BCUT2D eigenvalue weighted by molar-refractivity contribution is 6.03. The number of carbonyl (C=O) groups excluding carboxylic acids is 1. The van der Waals surface area contributed by atoms with Gasteiger partial charge in [-0.05, 0) is 18.6 Å². The van der Waals surface area contributed by atoms with Crippen LogP contribution in [0.25, 0.3) is 5.76 Å². The number of carbonyl (C=O) groups is 1. The van der Waals surface area contributed by atoms with Gasteiger partial charge in [-0.3, -0.25) is 14.9 Å². The summed E-state index contributed by atoms with van der Waals surface area (Å²) in [6.07, 6.45) is 0. The van der Waals surface area contributed by atoms with Crippen LogP contribution in [-0.4, -0.2) is 45.2 Å². The number of nitriles is 1. The van der Waals surface area contributed by atoms with Gasteiger partial charge in [0.25, 0.3) is 5.91 Å². The number of hydrogen-bond acceptors (Lipinski definition) is 8. The van der Waals surface area contributed by atoms with Crippen LogP contribution in [0.2, 0.25) is 0 Å². The third kappa shape index (κ3) is 4.25. The second-order valence-electron chi connectivity index (χ2n) is 6.38. The number of hydrogen-bond donors (Lipinski definition) is 3. The minimum atomic E-state index is -0.894. The van der Waals surface area contributed by atoms with Crippen molar-refractivity contribution < 1.29 is 29.8 Å². The van der Waals surface area contributed by atoms with Crippen LogP contribution in [0.5, 0.6) is 17.2 Å². The largest absolute Gasteiger partial charge is 0.507 e. The summed E-state index contributed by atoms with van der Waals surface area (Å²) < 4.78 is 4.86. The zero-order chi connectivity index (χ0) is 22.6. The average Bonchev–Trinajstić information content (AvgIpc) is 2.71. The van der Waals surface area contributed by atoms with Gasteiger partial charge in [-0.1, -0.05) is 18.2 Å². The Bertz CT molecular complexity index is 1090. The maximum atomic E-state index is 12.7. The van der Waals surface area contributed by atoms with Crippen LogP contribution >= 0.6 is 0 Å². The van der Waals surface area contributed by atoms with Crippen LogP contribution in [0, 0.1) is 28.4 Å². The van der Waals surface area contributed by atoms with Crippen LogP contribution in [0.4, 0.5) is 5.69 Å². The summed E-state index contributed by atoms with van der Waals surface area (Å²) in [6, 6.07) is 8.48. The summed E-state index contributed by atoms with van der Waals surface area (Å²) in [7, 11) is 2.52. The fourth-order valence-electron chi connectivity index (χ4n) is 2.74. The van der Waals surface area contributed by atoms with Crippen LogP contribution in [0.15, 0.2) is 35.9 Å². The number of rotatable bonds is 6. The minimum absolute atomic E-state index is 0.00255. The highest BCUT2D eigenvalue weighted by atomic mass is 16.6. The second kappa shape index (κ2) is 8.83. The van der Waals surface area contributed by atoms with Crippen molar-refractivity contribution in [3.8, 4) is 23.3 Å². The lowest BCUT2D eigenvalue weighted by Crippen LogP contribution is -2.28. The normalized spacial score (nSPS) is 11.3. The van der Waals surface area contributed by atoms with Gasteiger partial charge in [-0.2, -0.15) is 5.26 Å². The third-order valence-electron chi connectivity index (χ3n) is 4.38. The van der Waals surface area contributed by atoms with Crippen molar-refractivity contribution in [3.05, 3.63) is 62.7 Å². The van der Waals surface area contributed by atoms with Gasteiger partial charge in [-0.15, -0.1) is 0 Å². The average molecular weight is 413 g/mol. The Labute approximate surface area is 171 Å². The van der Waals surface area contributed by atoms with E-state index < -0.39 is 33.6 Å². The second-order valence-corrected chi connectivity index (χ2v) is 6.38. The van der Waals surface area contributed by atoms with E-state index in [2.05, 4.69) is 0 Å². The van der Waals surface area contributed by atoms with Crippen LogP contribution < -0.4 is 4.74 Å². The summed E-state index contributed by atoms with van der Waals surface area (Å²) in [5.41, 5.74) is -0.654. The number of aromatic hydroxyl groups is 2. The van der Waals surface area contributed by atoms with Gasteiger partial charge in [0, 0.05) is 30.8 Å². The lowest BCUT2D eigenvalue weighted by Gasteiger charge is -2.18. The summed E-state index contributed by atoms with van der Waals surface area (Å²) in [5.74, 6) is -2.75. The topological polar surface area (TPSA) is 157 Å². The van der Waals surface area contributed by atoms with Crippen molar-refractivity contribution in [3.63, 3.8) is 0 Å². The summed E-state index contributed by atoms with van der Waals surface area (Å²) in [5, 5.41) is 51.0. The number of methoxy groups -OCH3 is 1. The smallest absolute Gasteiger partial charge is 0.315 e. The molecule has 30 heavy (non-hydrogen) atoms. The van der Waals surface area contributed by atoms with Gasteiger partial charge < -0.3 is 25.0 Å². The fourth-order valence-corrected chi connectivity index (χ4v) is 2.74. The van der Waals surface area contributed by atoms with Gasteiger partial charge in [0.1, 0.15) is 17.6 Å². The molecule has 156 valence electrons. The van der Waals surface area contributed by atoms with Crippen LogP contribution in [0.1, 0.15) is 16.7 Å². The SMILES string of the molecule is COc1cc(/C(O)=C(\C#N)C(=O)N(C)Cc2cccc(C)c2O)cc([N+](=O)[O-])c1O. The highest BCUT2D eigenvalue weighted by Crippen LogP contribution is 2.38. The lowest BCUT2D eigenvalue weighted by molar-refractivity contribution is -0.386. The molecule has 3 N–H and O–H groups in total. The summed E-state index contributed by atoms with van der Waals surface area (Å²) in [4.78, 5) is 24.1. The number of aliphatic hydroxyl groups excluding tert-OH is 1. The molecule has 0 spiro atoms. The zero-order valence-electron chi connectivity index (χ0n) is 16.4. The Morgan fingerprint density at radius 3 is 2.53 bits per heavy atom. The number of nitrogens with zero attached hydrogens (tertiary/aromatic N) is 3. The van der Waals surface area contributed by atoms with Gasteiger partial charge >= 0.3 is 5.69 Å². The number of para-hydroxylation sites is 1. The van der Waals surface area contributed by atoms with E-state index in [0.717, 1.165) is 24.1 Å². The number of likely N-dealkylation sites (N-methyl/N-ethyl adjacent to an activating group) is 1. The molecule has 0 saturated carbocycles. The Balaban J connectivity index is 2.47. The monoisotopic (exact) mass is 413 g/mol. The van der Waals surface area contributed by atoms with Crippen LogP contribution in [0.3, 0.4) is 0 Å². The molecule has 0 fully saturated rings. The first-order valence-corrected chi connectivity index (χ1v) is 8.54. The van der Waals surface area contributed by atoms with Gasteiger partial charge in [0.15, 0.2) is 11.3 Å². The number of ether oxygens (including phenoxy) is 1. The van der Waals surface area contributed by atoms with E-state index in [9.17, 15) is 35.5 Å². The van der Waals surface area contributed by atoms with E-state index >= 15 is 0 Å². The Morgan fingerprint density at radius 1 is 1.30 bits per heavy atom. The summed E-state index contributed by atoms with van der Waals surface area (Å²) in [6.45, 7) is 1.64. The summed E-state index contributed by atoms with van der Waals surface area (Å²) >= 11 is 0. The molecule has 1 amide bonds. The zero-order valence-corrected chi connectivity index (χ0v) is 16.4. The van der Waals surface area contributed by atoms with Crippen molar-refractivity contribution in [1.82, 2.24) is 4.90 Å². The van der Waals surface area contributed by atoms with E-state index in [1.165, 1.54) is 7.05 Å². The molecule has 0 aliphatic rings. The number of nitro benzene ring substituents is 1. The van der Waals surface area contributed by atoms with Crippen molar-refractivity contribution in [1.29, 1.82) is 5.26 Å². The predicted molar refractivity (Wildman–Crippen MR) is 106 cm³/mol. The number of amides is 1. The molecule has 0 bridgehead atoms. The molecule has 0 saturated heterocycles. The van der Waals surface area contributed by atoms with E-state index in [1.54, 1.807) is 31.2 Å². The first-order valence-electron chi connectivity index (χ1n) is 8.54. The first-order chi connectivity index (χ1) is 14.1. The van der Waals surface area contributed by atoms with Crippen molar-refractivity contribution in [2.45, 2.75) is 13.5 Å². The van der Waals surface area contributed by atoms with E-state index in [1.807, 2.05) is 0 Å². The Kier molecular flexibility index (Phi) is 6.48. The number of aliphatic hydroxyl groups is 1. The van der Waals surface area contributed by atoms with E-state index in [-0.39, 0.29) is 23.6 Å². The molecule has 2 aromatic carbocycles. The molecule has 2 rings (SSSR count). The number of phenols is 2.